The number of carbonyl (C=O) groups is 2. The molecule has 0 unspecified atom stereocenters. The van der Waals surface area contributed by atoms with Crippen LogP contribution >= 0.6 is 0 Å². The van der Waals surface area contributed by atoms with Crippen LogP contribution < -0.4 is 24.5 Å². The van der Waals surface area contributed by atoms with Crippen molar-refractivity contribution in [1.82, 2.24) is 10.3 Å². The molecule has 0 aliphatic rings. The minimum atomic E-state index is -4.31. The highest BCUT2D eigenvalue weighted by molar-refractivity contribution is 7.89. The number of para-hydroxylation sites is 1. The highest BCUT2D eigenvalue weighted by Gasteiger charge is 2.24. The highest BCUT2D eigenvalue weighted by atomic mass is 32.2. The van der Waals surface area contributed by atoms with Crippen molar-refractivity contribution >= 4 is 28.0 Å². The summed E-state index contributed by atoms with van der Waals surface area (Å²) < 4.78 is 41.2. The fourth-order valence-corrected chi connectivity index (χ4v) is 3.57. The minimum Gasteiger partial charge on any atom is -0.493 e. The molecule has 0 bridgehead atoms. The third kappa shape index (κ3) is 6.46. The van der Waals surface area contributed by atoms with Crippen LogP contribution in [0.25, 0.3) is 6.08 Å². The van der Waals surface area contributed by atoms with Gasteiger partial charge in [-0.25, -0.2) is 13.2 Å². The number of hydrogen-bond acceptors (Lipinski definition) is 7. The quantitative estimate of drug-likeness (QED) is 0.365. The molecule has 0 aliphatic carbocycles. The number of carboxylic acid groups (broad SMARTS) is 1. The first-order chi connectivity index (χ1) is 14.7. The number of amides is 1. The van der Waals surface area contributed by atoms with E-state index in [1.165, 1.54) is 32.4 Å². The molecule has 3 N–H and O–H groups in total. The van der Waals surface area contributed by atoms with E-state index in [4.69, 9.17) is 19.3 Å². The average Bonchev–Trinajstić information content (AvgIpc) is 2.74. The number of aliphatic carboxylic acids is 1. The number of hydrazine groups is 1. The van der Waals surface area contributed by atoms with Gasteiger partial charge < -0.3 is 19.3 Å². The lowest BCUT2D eigenvalue weighted by atomic mass is 10.2. The van der Waals surface area contributed by atoms with Crippen molar-refractivity contribution in [1.29, 1.82) is 0 Å². The fraction of sp³-hybridized carbons (Fsp3) is 0.200. The molecular weight excluding hydrogens is 428 g/mol. The van der Waals surface area contributed by atoms with Gasteiger partial charge in [0.1, 0.15) is 10.6 Å². The molecule has 0 saturated heterocycles. The Hall–Kier alpha value is -3.57. The molecule has 0 heterocycles. The van der Waals surface area contributed by atoms with E-state index in [9.17, 15) is 18.0 Å². The summed E-state index contributed by atoms with van der Waals surface area (Å²) >= 11 is 0. The summed E-state index contributed by atoms with van der Waals surface area (Å²) in [5.74, 6) is -1.51. The van der Waals surface area contributed by atoms with Gasteiger partial charge in [-0.15, -0.1) is 4.83 Å². The lowest BCUT2D eigenvalue weighted by Gasteiger charge is -2.15. The predicted molar refractivity (Wildman–Crippen MR) is 111 cm³/mol. The summed E-state index contributed by atoms with van der Waals surface area (Å²) in [6.07, 6.45) is 2.04. The number of aryl methyl sites for hydroxylation is 1. The van der Waals surface area contributed by atoms with E-state index in [1.54, 1.807) is 25.1 Å². The van der Waals surface area contributed by atoms with Gasteiger partial charge in [0.25, 0.3) is 15.9 Å². The van der Waals surface area contributed by atoms with Gasteiger partial charge in [-0.3, -0.25) is 10.2 Å². The molecule has 166 valence electrons. The van der Waals surface area contributed by atoms with E-state index in [1.807, 2.05) is 10.9 Å². The minimum absolute atomic E-state index is 0.0598. The summed E-state index contributed by atoms with van der Waals surface area (Å²) in [6.45, 7) is 1.39. The molecule has 31 heavy (non-hydrogen) atoms. The largest absolute Gasteiger partial charge is 0.493 e. The molecule has 1 amide bonds. The van der Waals surface area contributed by atoms with Crippen LogP contribution in [0.1, 0.15) is 11.1 Å². The Morgan fingerprint density at radius 1 is 1.10 bits per heavy atom. The maximum atomic E-state index is 12.8. The van der Waals surface area contributed by atoms with E-state index < -0.39 is 28.5 Å². The molecule has 0 aromatic heterocycles. The number of nitrogens with one attached hydrogen (secondary N) is 2. The van der Waals surface area contributed by atoms with E-state index in [0.29, 0.717) is 5.75 Å². The molecule has 10 nitrogen and oxygen atoms in total. The van der Waals surface area contributed by atoms with Crippen molar-refractivity contribution in [2.45, 2.75) is 11.8 Å². The van der Waals surface area contributed by atoms with Gasteiger partial charge in [0, 0.05) is 6.08 Å². The zero-order valence-electron chi connectivity index (χ0n) is 17.0. The maximum Gasteiger partial charge on any atom is 0.328 e. The van der Waals surface area contributed by atoms with Crippen molar-refractivity contribution in [3.8, 4) is 17.2 Å². The van der Waals surface area contributed by atoms with Gasteiger partial charge in [-0.2, -0.15) is 0 Å². The second-order valence-corrected chi connectivity index (χ2v) is 7.78. The highest BCUT2D eigenvalue weighted by Crippen LogP contribution is 2.35. The lowest BCUT2D eigenvalue weighted by molar-refractivity contribution is -0.131. The monoisotopic (exact) mass is 450 g/mol. The molecule has 0 spiro atoms. The van der Waals surface area contributed by atoms with Crippen LogP contribution in [0, 0.1) is 6.92 Å². The molecule has 0 atom stereocenters. The van der Waals surface area contributed by atoms with Gasteiger partial charge in [0.05, 0.1) is 14.2 Å². The Bertz CT molecular complexity index is 1100. The molecular formula is C20H22N2O8S. The van der Waals surface area contributed by atoms with Crippen molar-refractivity contribution in [3.05, 3.63) is 53.6 Å². The van der Waals surface area contributed by atoms with Crippen LogP contribution in [-0.4, -0.2) is 46.2 Å². The number of ether oxygens (including phenoxy) is 3. The number of benzene rings is 2. The number of carboxylic acids is 1. The predicted octanol–water partition coefficient (Wildman–Crippen LogP) is 1.50. The Balaban J connectivity index is 2.19. The summed E-state index contributed by atoms with van der Waals surface area (Å²) in [4.78, 5) is 24.4. The van der Waals surface area contributed by atoms with Crippen molar-refractivity contribution in [2.75, 3.05) is 20.8 Å². The SMILES string of the molecule is COc1cc(/C=C/C(=O)O)cc(S(=O)(=O)NNC(=O)COc2ccccc2C)c1OC. The van der Waals surface area contributed by atoms with Gasteiger partial charge in [0.2, 0.25) is 0 Å². The first kappa shape index (κ1) is 23.7. The Morgan fingerprint density at radius 3 is 2.42 bits per heavy atom. The molecule has 2 aromatic carbocycles. The third-order valence-corrected chi connectivity index (χ3v) is 5.21. The summed E-state index contributed by atoms with van der Waals surface area (Å²) in [5.41, 5.74) is 3.11. The van der Waals surface area contributed by atoms with Crippen LogP contribution in [0.15, 0.2) is 47.4 Å². The van der Waals surface area contributed by atoms with Crippen molar-refractivity contribution in [3.63, 3.8) is 0 Å². The number of carbonyl (C=O) groups excluding carboxylic acids is 1. The first-order valence-electron chi connectivity index (χ1n) is 8.84. The third-order valence-electron chi connectivity index (χ3n) is 3.95. The lowest BCUT2D eigenvalue weighted by Crippen LogP contribution is -2.43. The maximum absolute atomic E-state index is 12.8. The molecule has 0 saturated carbocycles. The van der Waals surface area contributed by atoms with E-state index in [0.717, 1.165) is 11.6 Å². The molecule has 2 aromatic rings. The normalized spacial score (nSPS) is 11.2. The topological polar surface area (TPSA) is 140 Å². The van der Waals surface area contributed by atoms with Crippen LogP contribution in [0.4, 0.5) is 0 Å². The number of methoxy groups -OCH3 is 2. The molecule has 0 radical (unpaired) electrons. The van der Waals surface area contributed by atoms with Gasteiger partial charge in [0.15, 0.2) is 18.1 Å². The zero-order valence-corrected chi connectivity index (χ0v) is 17.9. The number of hydrogen-bond donors (Lipinski definition) is 3. The molecule has 0 fully saturated rings. The average molecular weight is 450 g/mol. The van der Waals surface area contributed by atoms with Gasteiger partial charge in [-0.05, 0) is 42.3 Å². The number of rotatable bonds is 10. The van der Waals surface area contributed by atoms with Crippen LogP contribution in [0.5, 0.6) is 17.2 Å². The van der Waals surface area contributed by atoms with Gasteiger partial charge in [-0.1, -0.05) is 18.2 Å². The van der Waals surface area contributed by atoms with Crippen LogP contribution in [0.2, 0.25) is 0 Å². The summed E-state index contributed by atoms with van der Waals surface area (Å²) in [7, 11) is -1.76. The van der Waals surface area contributed by atoms with Gasteiger partial charge >= 0.3 is 5.97 Å². The van der Waals surface area contributed by atoms with Crippen molar-refractivity contribution < 1.29 is 37.3 Å². The van der Waals surface area contributed by atoms with E-state index in [-0.39, 0.29) is 22.0 Å². The molecule has 11 heteroatoms. The van der Waals surface area contributed by atoms with Crippen LogP contribution in [0.3, 0.4) is 0 Å². The molecule has 2 rings (SSSR count). The second kappa shape index (κ2) is 10.5. The Labute approximate surface area is 179 Å². The zero-order chi connectivity index (χ0) is 23.0. The molecule has 0 aliphatic heterocycles. The standard InChI is InChI=1S/C20H22N2O8S/c1-13-6-4-5-7-15(13)30-12-18(23)21-22-31(26,27)17-11-14(8-9-19(24)25)10-16(28-2)20(17)29-3/h4-11,22H,12H2,1-3H3,(H,21,23)(H,24,25)/b9-8+. The first-order valence-corrected chi connectivity index (χ1v) is 10.3. The smallest absolute Gasteiger partial charge is 0.328 e. The number of sulfonamides is 1. The Morgan fingerprint density at radius 2 is 1.81 bits per heavy atom. The van der Waals surface area contributed by atoms with E-state index in [2.05, 4.69) is 5.43 Å². The Kier molecular flexibility index (Phi) is 8.00. The van der Waals surface area contributed by atoms with Crippen molar-refractivity contribution in [2.24, 2.45) is 0 Å². The fourth-order valence-electron chi connectivity index (χ4n) is 2.49. The second-order valence-electron chi connectivity index (χ2n) is 6.13. The van der Waals surface area contributed by atoms with E-state index >= 15 is 0 Å². The van der Waals surface area contributed by atoms with Crippen LogP contribution in [-0.2, 0) is 19.6 Å². The summed E-state index contributed by atoms with van der Waals surface area (Å²) in [6, 6.07) is 9.64. The summed E-state index contributed by atoms with van der Waals surface area (Å²) in [5, 5.41) is 8.79.